The Kier molecular flexibility index (Phi) is 7.83. The number of fused-ring (bicyclic) bond motifs is 1. The minimum absolute atomic E-state index is 0.0698. The van der Waals surface area contributed by atoms with Gasteiger partial charge in [0, 0.05) is 43.3 Å². The molecule has 0 radical (unpaired) electrons. The molecule has 0 aromatic heterocycles. The number of nitrogens with two attached hydrogens (primary N) is 1. The number of anilines is 1. The van der Waals surface area contributed by atoms with E-state index in [1.165, 1.54) is 0 Å². The molecule has 0 spiro atoms. The minimum atomic E-state index is -0.918. The molecule has 1 aliphatic rings. The maximum atomic E-state index is 13.4. The Morgan fingerprint density at radius 3 is 2.43 bits per heavy atom. The monoisotopic (exact) mass is 471 g/mol. The fraction of sp³-hybridized carbons (Fsp3) is 0.310. The summed E-state index contributed by atoms with van der Waals surface area (Å²) < 4.78 is 0. The van der Waals surface area contributed by atoms with Crippen molar-refractivity contribution in [2.75, 3.05) is 18.4 Å². The van der Waals surface area contributed by atoms with Crippen LogP contribution in [0.3, 0.4) is 0 Å². The van der Waals surface area contributed by atoms with Crippen molar-refractivity contribution in [3.63, 3.8) is 0 Å². The van der Waals surface area contributed by atoms with Gasteiger partial charge in [0.15, 0.2) is 0 Å². The molecule has 1 aliphatic heterocycles. The summed E-state index contributed by atoms with van der Waals surface area (Å²) in [7, 11) is 0. The van der Waals surface area contributed by atoms with E-state index in [1.807, 2.05) is 53.4 Å². The number of aryl methyl sites for hydroxylation is 1. The molecule has 0 saturated carbocycles. The number of hydrogen-bond acceptors (Lipinski definition) is 4. The molecule has 0 aliphatic carbocycles. The molecule has 6 nitrogen and oxygen atoms in total. The topological polar surface area (TPSA) is 95.7 Å². The fourth-order valence-corrected chi connectivity index (χ4v) is 4.62. The second-order valence-electron chi connectivity index (χ2n) is 9.14. The first-order valence-electron chi connectivity index (χ1n) is 12.3. The van der Waals surface area contributed by atoms with Gasteiger partial charge in [-0.05, 0) is 65.8 Å². The number of carboxylic acids is 1. The van der Waals surface area contributed by atoms with Gasteiger partial charge in [-0.3, -0.25) is 4.79 Å². The van der Waals surface area contributed by atoms with Crippen LogP contribution in [0.4, 0.5) is 5.69 Å². The molecule has 1 unspecified atom stereocenters. The lowest BCUT2D eigenvalue weighted by molar-refractivity contribution is 0.0695. The van der Waals surface area contributed by atoms with Crippen LogP contribution in [0.5, 0.6) is 0 Å². The van der Waals surface area contributed by atoms with Crippen LogP contribution < -0.4 is 11.1 Å². The van der Waals surface area contributed by atoms with Crippen LogP contribution in [0.2, 0.25) is 0 Å². The first-order valence-corrected chi connectivity index (χ1v) is 12.3. The summed E-state index contributed by atoms with van der Waals surface area (Å²) in [5.74, 6) is -0.611. The summed E-state index contributed by atoms with van der Waals surface area (Å²) in [5.41, 5.74) is 12.1. The number of benzene rings is 3. The highest BCUT2D eigenvalue weighted by molar-refractivity contribution is 5.97. The average Bonchev–Trinajstić information content (AvgIpc) is 3.03. The molecule has 0 bridgehead atoms. The molecule has 1 heterocycles. The van der Waals surface area contributed by atoms with Gasteiger partial charge in [0.2, 0.25) is 0 Å². The highest BCUT2D eigenvalue weighted by atomic mass is 16.4. The predicted molar refractivity (Wildman–Crippen MR) is 139 cm³/mol. The van der Waals surface area contributed by atoms with E-state index in [1.54, 1.807) is 12.1 Å². The van der Waals surface area contributed by atoms with Gasteiger partial charge < -0.3 is 21.1 Å². The van der Waals surface area contributed by atoms with Crippen LogP contribution >= 0.6 is 0 Å². The number of nitrogens with zero attached hydrogens (tertiary/aromatic N) is 1. The lowest BCUT2D eigenvalue weighted by atomic mass is 9.95. The molecule has 0 fully saturated rings. The van der Waals surface area contributed by atoms with E-state index in [2.05, 4.69) is 18.3 Å². The van der Waals surface area contributed by atoms with E-state index < -0.39 is 5.97 Å². The third kappa shape index (κ3) is 5.89. The van der Waals surface area contributed by atoms with Gasteiger partial charge in [-0.15, -0.1) is 0 Å². The molecule has 1 amide bonds. The highest BCUT2D eigenvalue weighted by Crippen LogP contribution is 2.26. The summed E-state index contributed by atoms with van der Waals surface area (Å²) in [4.78, 5) is 26.5. The molecular formula is C29H33N3O3. The summed E-state index contributed by atoms with van der Waals surface area (Å²) in [6.45, 7) is 4.66. The van der Waals surface area contributed by atoms with Crippen LogP contribution in [-0.4, -0.2) is 35.0 Å². The van der Waals surface area contributed by atoms with Gasteiger partial charge in [-0.1, -0.05) is 49.4 Å². The van der Waals surface area contributed by atoms with Crippen molar-refractivity contribution in [3.8, 4) is 0 Å². The van der Waals surface area contributed by atoms with Crippen molar-refractivity contribution < 1.29 is 14.7 Å². The third-order valence-electron chi connectivity index (χ3n) is 6.81. The fourth-order valence-electron chi connectivity index (χ4n) is 4.62. The second-order valence-corrected chi connectivity index (χ2v) is 9.14. The third-order valence-corrected chi connectivity index (χ3v) is 6.81. The number of nitrogens with one attached hydrogen (secondary N) is 1. The van der Waals surface area contributed by atoms with Crippen LogP contribution in [-0.2, 0) is 19.5 Å². The number of carbonyl (C=O) groups excluding carboxylic acids is 1. The summed E-state index contributed by atoms with van der Waals surface area (Å²) in [5, 5.41) is 12.6. The van der Waals surface area contributed by atoms with E-state index in [9.17, 15) is 9.59 Å². The van der Waals surface area contributed by atoms with Crippen molar-refractivity contribution in [2.24, 2.45) is 5.73 Å². The second kappa shape index (κ2) is 11.2. The number of carboxylic acid groups (broad SMARTS) is 1. The van der Waals surface area contributed by atoms with Crippen molar-refractivity contribution in [1.29, 1.82) is 0 Å². The van der Waals surface area contributed by atoms with Gasteiger partial charge in [0.05, 0.1) is 5.56 Å². The highest BCUT2D eigenvalue weighted by Gasteiger charge is 2.23. The number of hydrogen-bond donors (Lipinski definition) is 3. The maximum Gasteiger partial charge on any atom is 0.335 e. The first kappa shape index (κ1) is 24.5. The van der Waals surface area contributed by atoms with E-state index in [4.69, 9.17) is 10.8 Å². The van der Waals surface area contributed by atoms with Crippen molar-refractivity contribution in [1.82, 2.24) is 4.90 Å². The normalized spacial score (nSPS) is 14.2. The van der Waals surface area contributed by atoms with Gasteiger partial charge in [-0.25, -0.2) is 4.79 Å². The summed E-state index contributed by atoms with van der Waals surface area (Å²) in [6, 6.07) is 21.3. The number of rotatable bonds is 9. The van der Waals surface area contributed by atoms with Crippen molar-refractivity contribution in [2.45, 2.75) is 45.2 Å². The maximum absolute atomic E-state index is 13.4. The number of aromatic carboxylic acids is 1. The Balaban J connectivity index is 1.46. The molecule has 1 atom stereocenters. The van der Waals surface area contributed by atoms with E-state index in [0.717, 1.165) is 59.3 Å². The van der Waals surface area contributed by atoms with E-state index in [-0.39, 0.29) is 11.8 Å². The SMILES string of the molecule is CCC(CNc1ccc2c(c1)C(=O)N(Cc1ccc(CN)cc1)CCC2)c1ccc(C(=O)O)cc1. The molecule has 4 N–H and O–H groups in total. The Hall–Kier alpha value is -3.64. The molecule has 182 valence electrons. The van der Waals surface area contributed by atoms with E-state index >= 15 is 0 Å². The molecule has 0 saturated heterocycles. The predicted octanol–water partition coefficient (Wildman–Crippen LogP) is 5.04. The van der Waals surface area contributed by atoms with Gasteiger partial charge in [0.1, 0.15) is 0 Å². The zero-order valence-corrected chi connectivity index (χ0v) is 20.2. The lowest BCUT2D eigenvalue weighted by Crippen LogP contribution is -2.30. The molecule has 4 rings (SSSR count). The van der Waals surface area contributed by atoms with Crippen LogP contribution in [0.25, 0.3) is 0 Å². The van der Waals surface area contributed by atoms with Gasteiger partial charge >= 0.3 is 5.97 Å². The van der Waals surface area contributed by atoms with Crippen LogP contribution in [0.15, 0.2) is 66.7 Å². The zero-order chi connectivity index (χ0) is 24.8. The van der Waals surface area contributed by atoms with Crippen molar-refractivity contribution in [3.05, 3.63) is 100 Å². The van der Waals surface area contributed by atoms with Gasteiger partial charge in [-0.2, -0.15) is 0 Å². The average molecular weight is 472 g/mol. The van der Waals surface area contributed by atoms with Gasteiger partial charge in [0.25, 0.3) is 5.91 Å². The number of amides is 1. The summed E-state index contributed by atoms with van der Waals surface area (Å²) in [6.07, 6.45) is 2.74. The number of carbonyl (C=O) groups is 2. The smallest absolute Gasteiger partial charge is 0.335 e. The minimum Gasteiger partial charge on any atom is -0.478 e. The molecule has 3 aromatic carbocycles. The lowest BCUT2D eigenvalue weighted by Gasteiger charge is -2.22. The Morgan fingerprint density at radius 1 is 1.06 bits per heavy atom. The molecule has 35 heavy (non-hydrogen) atoms. The van der Waals surface area contributed by atoms with Crippen LogP contribution in [0.1, 0.15) is 68.7 Å². The largest absolute Gasteiger partial charge is 0.478 e. The Morgan fingerprint density at radius 2 is 1.77 bits per heavy atom. The standard InChI is InChI=1S/C29H33N3O3/c1-2-22(23-9-11-25(12-10-23)29(34)35)18-31-26-14-13-24-4-3-15-32(28(33)27(24)16-26)19-21-7-5-20(17-30)6-8-21/h5-14,16,22,31H,2-4,15,17-19,30H2,1H3,(H,34,35). The molecular weight excluding hydrogens is 438 g/mol. The quantitative estimate of drug-likeness (QED) is 0.406. The van der Waals surface area contributed by atoms with Crippen LogP contribution in [0, 0.1) is 0 Å². The van der Waals surface area contributed by atoms with E-state index in [0.29, 0.717) is 25.2 Å². The first-order chi connectivity index (χ1) is 17.0. The molecule has 3 aromatic rings. The summed E-state index contributed by atoms with van der Waals surface area (Å²) >= 11 is 0. The zero-order valence-electron chi connectivity index (χ0n) is 20.2. The van der Waals surface area contributed by atoms with Crippen molar-refractivity contribution >= 4 is 17.6 Å². The Labute approximate surface area is 206 Å². The molecule has 6 heteroatoms. The Bertz CT molecular complexity index is 1170.